The minimum absolute atomic E-state index is 0.0423. The Kier molecular flexibility index (Phi) is 4.98. The van der Waals surface area contributed by atoms with E-state index < -0.39 is 0 Å². The lowest BCUT2D eigenvalue weighted by Gasteiger charge is -2.16. The topological polar surface area (TPSA) is 59.0 Å². The molecule has 90 valence electrons. The van der Waals surface area contributed by atoms with Gasteiger partial charge in [-0.3, -0.25) is 4.79 Å². The molecule has 1 aromatic rings. The van der Waals surface area contributed by atoms with Crippen molar-refractivity contribution in [1.82, 2.24) is 20.2 Å². The highest BCUT2D eigenvalue weighted by atomic mass is 16.2. The van der Waals surface area contributed by atoms with Gasteiger partial charge in [-0.1, -0.05) is 0 Å². The van der Waals surface area contributed by atoms with E-state index in [1.807, 2.05) is 31.5 Å². The largest absolute Gasteiger partial charge is 0.353 e. The van der Waals surface area contributed by atoms with E-state index >= 15 is 0 Å². The molecule has 1 heterocycles. The molecule has 16 heavy (non-hydrogen) atoms. The highest BCUT2D eigenvalue weighted by Crippen LogP contribution is 1.87. The van der Waals surface area contributed by atoms with Gasteiger partial charge in [0.05, 0.1) is 12.4 Å². The molecule has 0 bridgehead atoms. The Hall–Kier alpha value is -1.36. The van der Waals surface area contributed by atoms with E-state index in [2.05, 4.69) is 15.6 Å². The summed E-state index contributed by atoms with van der Waals surface area (Å²) < 4.78 is 1.97. The molecule has 5 nitrogen and oxygen atoms in total. The van der Waals surface area contributed by atoms with Gasteiger partial charge in [0, 0.05) is 31.5 Å². The Morgan fingerprint density at radius 3 is 2.75 bits per heavy atom. The Morgan fingerprint density at radius 1 is 1.44 bits per heavy atom. The van der Waals surface area contributed by atoms with Gasteiger partial charge in [-0.15, -0.1) is 0 Å². The van der Waals surface area contributed by atoms with E-state index in [0.717, 1.165) is 13.1 Å². The van der Waals surface area contributed by atoms with Gasteiger partial charge in [-0.2, -0.15) is 0 Å². The molecule has 0 aliphatic carbocycles. The van der Waals surface area contributed by atoms with Crippen LogP contribution in [-0.2, 0) is 11.3 Å². The molecule has 0 fully saturated rings. The number of imidazole rings is 1. The second-order valence-corrected chi connectivity index (χ2v) is 4.14. The van der Waals surface area contributed by atoms with Crippen molar-refractivity contribution in [3.8, 4) is 0 Å². The van der Waals surface area contributed by atoms with Crippen LogP contribution in [0.5, 0.6) is 0 Å². The molecule has 0 radical (unpaired) electrons. The smallest absolute Gasteiger partial charge is 0.237 e. The first-order chi connectivity index (χ1) is 7.59. The van der Waals surface area contributed by atoms with Crippen LogP contribution in [-0.4, -0.2) is 34.1 Å². The maximum Gasteiger partial charge on any atom is 0.237 e. The van der Waals surface area contributed by atoms with Crippen LogP contribution in [0, 0.1) is 0 Å². The molecule has 1 rings (SSSR count). The number of nitrogens with zero attached hydrogens (tertiary/aromatic N) is 2. The first-order valence-electron chi connectivity index (χ1n) is 5.59. The van der Waals surface area contributed by atoms with Gasteiger partial charge in [0.15, 0.2) is 0 Å². The first kappa shape index (κ1) is 12.7. The van der Waals surface area contributed by atoms with Crippen LogP contribution in [0.2, 0.25) is 0 Å². The SMILES string of the molecule is CC(C)NC(=O)C(C)NCCn1ccnc1. The molecule has 0 saturated carbocycles. The summed E-state index contributed by atoms with van der Waals surface area (Å²) in [6.07, 6.45) is 5.41. The van der Waals surface area contributed by atoms with Crippen LogP contribution in [0.3, 0.4) is 0 Å². The number of aromatic nitrogens is 2. The number of nitrogens with one attached hydrogen (secondary N) is 2. The lowest BCUT2D eigenvalue weighted by atomic mass is 10.3. The van der Waals surface area contributed by atoms with E-state index in [4.69, 9.17) is 0 Å². The van der Waals surface area contributed by atoms with Crippen LogP contribution >= 0.6 is 0 Å². The summed E-state index contributed by atoms with van der Waals surface area (Å²) in [6, 6.07) is 0.0244. The van der Waals surface area contributed by atoms with E-state index in [-0.39, 0.29) is 18.0 Å². The van der Waals surface area contributed by atoms with Gasteiger partial charge < -0.3 is 15.2 Å². The summed E-state index contributed by atoms with van der Waals surface area (Å²) in [5, 5.41) is 6.03. The second kappa shape index (κ2) is 6.27. The van der Waals surface area contributed by atoms with E-state index in [9.17, 15) is 4.79 Å². The average Bonchev–Trinajstić information content (AvgIpc) is 2.69. The summed E-state index contributed by atoms with van der Waals surface area (Å²) in [5.41, 5.74) is 0. The number of hydrogen-bond donors (Lipinski definition) is 2. The predicted molar refractivity (Wildman–Crippen MR) is 63.0 cm³/mol. The molecule has 2 N–H and O–H groups in total. The minimum Gasteiger partial charge on any atom is -0.353 e. The molecule has 0 spiro atoms. The van der Waals surface area contributed by atoms with Gasteiger partial charge in [-0.25, -0.2) is 4.98 Å². The van der Waals surface area contributed by atoms with Gasteiger partial charge in [0.2, 0.25) is 5.91 Å². The quantitative estimate of drug-likeness (QED) is 0.734. The molecule has 1 aromatic heterocycles. The zero-order chi connectivity index (χ0) is 12.0. The van der Waals surface area contributed by atoms with Crippen LogP contribution < -0.4 is 10.6 Å². The first-order valence-corrected chi connectivity index (χ1v) is 5.59. The van der Waals surface area contributed by atoms with Crippen molar-refractivity contribution < 1.29 is 4.79 Å². The van der Waals surface area contributed by atoms with Crippen LogP contribution in [0.15, 0.2) is 18.7 Å². The fourth-order valence-electron chi connectivity index (χ4n) is 1.33. The highest BCUT2D eigenvalue weighted by molar-refractivity contribution is 5.81. The predicted octanol–water partition coefficient (Wildman–Crippen LogP) is 0.386. The van der Waals surface area contributed by atoms with Crippen molar-refractivity contribution in [3.63, 3.8) is 0 Å². The second-order valence-electron chi connectivity index (χ2n) is 4.14. The molecule has 1 unspecified atom stereocenters. The van der Waals surface area contributed by atoms with Crippen LogP contribution in [0.4, 0.5) is 0 Å². The third kappa shape index (κ3) is 4.44. The lowest BCUT2D eigenvalue weighted by molar-refractivity contribution is -0.123. The van der Waals surface area contributed by atoms with Crippen molar-refractivity contribution in [2.45, 2.75) is 39.4 Å². The number of rotatable bonds is 6. The molecule has 0 aliphatic heterocycles. The molecule has 1 atom stereocenters. The molecular weight excluding hydrogens is 204 g/mol. The third-order valence-electron chi connectivity index (χ3n) is 2.20. The monoisotopic (exact) mass is 224 g/mol. The van der Waals surface area contributed by atoms with Crippen LogP contribution in [0.25, 0.3) is 0 Å². The van der Waals surface area contributed by atoms with Gasteiger partial charge in [-0.05, 0) is 20.8 Å². The van der Waals surface area contributed by atoms with Gasteiger partial charge in [0.25, 0.3) is 0 Å². The molecular formula is C11H20N4O. The van der Waals surface area contributed by atoms with Crippen LogP contribution in [0.1, 0.15) is 20.8 Å². The zero-order valence-corrected chi connectivity index (χ0v) is 10.1. The maximum absolute atomic E-state index is 11.6. The summed E-state index contributed by atoms with van der Waals surface area (Å²) in [5.74, 6) is 0.0423. The molecule has 0 aromatic carbocycles. The molecule has 0 aliphatic rings. The van der Waals surface area contributed by atoms with Crippen molar-refractivity contribution in [2.75, 3.05) is 6.54 Å². The third-order valence-corrected chi connectivity index (χ3v) is 2.20. The Labute approximate surface area is 96.3 Å². The summed E-state index contributed by atoms with van der Waals surface area (Å²) in [6.45, 7) is 7.35. The zero-order valence-electron chi connectivity index (χ0n) is 10.1. The summed E-state index contributed by atoms with van der Waals surface area (Å²) in [7, 11) is 0. The highest BCUT2D eigenvalue weighted by Gasteiger charge is 2.11. The number of carbonyl (C=O) groups is 1. The normalized spacial score (nSPS) is 12.8. The average molecular weight is 224 g/mol. The van der Waals surface area contributed by atoms with Crippen molar-refractivity contribution >= 4 is 5.91 Å². The van der Waals surface area contributed by atoms with Crippen molar-refractivity contribution in [1.29, 1.82) is 0 Å². The molecule has 1 amide bonds. The summed E-state index contributed by atoms with van der Waals surface area (Å²) in [4.78, 5) is 15.5. The fraction of sp³-hybridized carbons (Fsp3) is 0.636. The minimum atomic E-state index is -0.161. The Balaban J connectivity index is 2.19. The van der Waals surface area contributed by atoms with E-state index in [0.29, 0.717) is 0 Å². The number of carbonyl (C=O) groups excluding carboxylic acids is 1. The summed E-state index contributed by atoms with van der Waals surface area (Å²) >= 11 is 0. The van der Waals surface area contributed by atoms with Gasteiger partial charge >= 0.3 is 0 Å². The lowest BCUT2D eigenvalue weighted by Crippen LogP contribution is -2.45. The standard InChI is InChI=1S/C11H20N4O/c1-9(2)14-11(16)10(3)13-5-7-15-6-4-12-8-15/h4,6,8-10,13H,5,7H2,1-3H3,(H,14,16). The van der Waals surface area contributed by atoms with Crippen molar-refractivity contribution in [3.05, 3.63) is 18.7 Å². The molecule has 5 heteroatoms. The van der Waals surface area contributed by atoms with E-state index in [1.165, 1.54) is 0 Å². The Morgan fingerprint density at radius 2 is 2.19 bits per heavy atom. The number of hydrogen-bond acceptors (Lipinski definition) is 3. The maximum atomic E-state index is 11.6. The van der Waals surface area contributed by atoms with E-state index in [1.54, 1.807) is 12.5 Å². The van der Waals surface area contributed by atoms with Gasteiger partial charge in [0.1, 0.15) is 0 Å². The van der Waals surface area contributed by atoms with Crippen molar-refractivity contribution in [2.24, 2.45) is 0 Å². The fourth-order valence-corrected chi connectivity index (χ4v) is 1.33. The Bertz CT molecular complexity index is 308. The number of amides is 1. The molecule has 0 saturated heterocycles.